The first-order valence-corrected chi connectivity index (χ1v) is 4.91. The highest BCUT2D eigenvalue weighted by Crippen LogP contribution is 2.12. The maximum absolute atomic E-state index is 11.8. The molecule has 1 aromatic heterocycles. The molecule has 6 nitrogen and oxygen atoms in total. The quantitative estimate of drug-likeness (QED) is 0.709. The number of nitrogen functional groups attached to an aromatic ring is 2. The Labute approximate surface area is 97.7 Å². The highest BCUT2D eigenvalue weighted by atomic mass is 16.1. The number of anilines is 3. The molecule has 0 aliphatic heterocycles. The number of aromatic nitrogens is 2. The molecule has 0 fully saturated rings. The lowest BCUT2D eigenvalue weighted by molar-refractivity contribution is 0.102. The van der Waals surface area contributed by atoms with Gasteiger partial charge in [0.25, 0.3) is 5.91 Å². The van der Waals surface area contributed by atoms with Crippen LogP contribution in [0.1, 0.15) is 10.4 Å². The molecule has 86 valence electrons. The molecule has 0 aliphatic rings. The molecule has 0 atom stereocenters. The average molecular weight is 229 g/mol. The van der Waals surface area contributed by atoms with Gasteiger partial charge in [-0.15, -0.1) is 0 Å². The second-order valence-electron chi connectivity index (χ2n) is 3.35. The number of benzene rings is 1. The third-order valence-electron chi connectivity index (χ3n) is 2.11. The number of carbonyl (C=O) groups is 1. The van der Waals surface area contributed by atoms with Crippen LogP contribution in [0.5, 0.6) is 0 Å². The van der Waals surface area contributed by atoms with E-state index in [-0.39, 0.29) is 23.2 Å². The average Bonchev–Trinajstić information content (AvgIpc) is 2.30. The van der Waals surface area contributed by atoms with Gasteiger partial charge in [0, 0.05) is 11.9 Å². The van der Waals surface area contributed by atoms with Crippen molar-refractivity contribution in [3.63, 3.8) is 0 Å². The first-order chi connectivity index (χ1) is 8.16. The molecule has 0 aliphatic carbocycles. The molecule has 0 bridgehead atoms. The van der Waals surface area contributed by atoms with Crippen LogP contribution >= 0.6 is 0 Å². The summed E-state index contributed by atoms with van der Waals surface area (Å²) in [6.45, 7) is 0. The van der Waals surface area contributed by atoms with E-state index in [1.807, 2.05) is 18.2 Å². The van der Waals surface area contributed by atoms with E-state index >= 15 is 0 Å². The molecule has 2 aromatic rings. The van der Waals surface area contributed by atoms with Gasteiger partial charge in [0.1, 0.15) is 11.4 Å². The normalized spacial score (nSPS) is 9.88. The molecule has 0 saturated carbocycles. The number of nitrogens with one attached hydrogen (secondary N) is 1. The Kier molecular flexibility index (Phi) is 2.87. The van der Waals surface area contributed by atoms with Crippen LogP contribution in [0.2, 0.25) is 0 Å². The van der Waals surface area contributed by atoms with Gasteiger partial charge in [0.2, 0.25) is 5.95 Å². The first-order valence-electron chi connectivity index (χ1n) is 4.91. The minimum atomic E-state index is -0.367. The van der Waals surface area contributed by atoms with Crippen LogP contribution in [0.15, 0.2) is 36.5 Å². The number of rotatable bonds is 2. The number of hydrogen-bond donors (Lipinski definition) is 3. The summed E-state index contributed by atoms with van der Waals surface area (Å²) in [6.07, 6.45) is 1.30. The highest BCUT2D eigenvalue weighted by molar-refractivity contribution is 6.07. The SMILES string of the molecule is Nc1ncc(C(=O)Nc2ccccc2)c(N)n1. The van der Waals surface area contributed by atoms with Gasteiger partial charge in [-0.3, -0.25) is 4.79 Å². The lowest BCUT2D eigenvalue weighted by Crippen LogP contribution is -2.16. The van der Waals surface area contributed by atoms with Gasteiger partial charge in [-0.25, -0.2) is 4.98 Å². The molecule has 0 saturated heterocycles. The standard InChI is InChI=1S/C11H11N5O/c12-9-8(6-14-11(13)16-9)10(17)15-7-4-2-1-3-5-7/h1-6H,(H,15,17)(H4,12,13,14,16). The zero-order valence-electron chi connectivity index (χ0n) is 8.92. The smallest absolute Gasteiger partial charge is 0.260 e. The Balaban J connectivity index is 2.21. The minimum Gasteiger partial charge on any atom is -0.383 e. The van der Waals surface area contributed by atoms with Gasteiger partial charge in [0.05, 0.1) is 0 Å². The maximum atomic E-state index is 11.8. The molecule has 17 heavy (non-hydrogen) atoms. The van der Waals surface area contributed by atoms with E-state index in [0.717, 1.165) is 0 Å². The van der Waals surface area contributed by atoms with Crippen LogP contribution in [0.25, 0.3) is 0 Å². The van der Waals surface area contributed by atoms with E-state index in [1.165, 1.54) is 6.20 Å². The molecule has 1 aromatic carbocycles. The van der Waals surface area contributed by atoms with Gasteiger partial charge in [-0.1, -0.05) is 18.2 Å². The topological polar surface area (TPSA) is 107 Å². The van der Waals surface area contributed by atoms with Crippen LogP contribution in [0.4, 0.5) is 17.5 Å². The molecule has 1 amide bonds. The van der Waals surface area contributed by atoms with E-state index in [9.17, 15) is 4.79 Å². The predicted octanol–water partition coefficient (Wildman–Crippen LogP) is 0.893. The Bertz CT molecular complexity index is 541. The van der Waals surface area contributed by atoms with Crippen molar-refractivity contribution < 1.29 is 4.79 Å². The molecule has 0 unspecified atom stereocenters. The minimum absolute atomic E-state index is 0.0405. The van der Waals surface area contributed by atoms with Crippen molar-refractivity contribution in [3.8, 4) is 0 Å². The summed E-state index contributed by atoms with van der Waals surface area (Å²) >= 11 is 0. The van der Waals surface area contributed by atoms with Gasteiger partial charge in [0.15, 0.2) is 0 Å². The van der Waals surface area contributed by atoms with Crippen LogP contribution < -0.4 is 16.8 Å². The summed E-state index contributed by atoms with van der Waals surface area (Å²) in [6, 6.07) is 9.03. The molecule has 5 N–H and O–H groups in total. The lowest BCUT2D eigenvalue weighted by atomic mass is 10.2. The fourth-order valence-electron chi connectivity index (χ4n) is 1.30. The van der Waals surface area contributed by atoms with Crippen LogP contribution in [0, 0.1) is 0 Å². The van der Waals surface area contributed by atoms with Crippen LogP contribution in [-0.2, 0) is 0 Å². The zero-order valence-corrected chi connectivity index (χ0v) is 8.92. The maximum Gasteiger partial charge on any atom is 0.260 e. The van der Waals surface area contributed by atoms with Gasteiger partial charge in [-0.05, 0) is 12.1 Å². The molecule has 1 heterocycles. The van der Waals surface area contributed by atoms with Gasteiger partial charge >= 0.3 is 0 Å². The van der Waals surface area contributed by atoms with Crippen molar-refractivity contribution in [3.05, 3.63) is 42.1 Å². The second kappa shape index (κ2) is 4.48. The van der Waals surface area contributed by atoms with Gasteiger partial charge < -0.3 is 16.8 Å². The van der Waals surface area contributed by atoms with Crippen molar-refractivity contribution in [2.24, 2.45) is 0 Å². The summed E-state index contributed by atoms with van der Waals surface area (Å²) in [5.41, 5.74) is 11.8. The molecule has 6 heteroatoms. The lowest BCUT2D eigenvalue weighted by Gasteiger charge is -2.06. The van der Waals surface area contributed by atoms with Crippen LogP contribution in [-0.4, -0.2) is 15.9 Å². The Hall–Kier alpha value is -2.63. The third-order valence-corrected chi connectivity index (χ3v) is 2.11. The van der Waals surface area contributed by atoms with Crippen molar-refractivity contribution in [1.29, 1.82) is 0 Å². The predicted molar refractivity (Wildman–Crippen MR) is 65.3 cm³/mol. The second-order valence-corrected chi connectivity index (χ2v) is 3.35. The molecule has 2 rings (SSSR count). The number of nitrogens with two attached hydrogens (primary N) is 2. The molecule has 0 radical (unpaired) electrons. The molecular weight excluding hydrogens is 218 g/mol. The Morgan fingerprint density at radius 1 is 1.18 bits per heavy atom. The largest absolute Gasteiger partial charge is 0.383 e. The van der Waals surface area contributed by atoms with E-state index in [1.54, 1.807) is 12.1 Å². The number of amides is 1. The van der Waals surface area contributed by atoms with E-state index in [4.69, 9.17) is 11.5 Å². The molecular formula is C11H11N5O. The summed E-state index contributed by atoms with van der Waals surface area (Å²) in [5.74, 6) is -0.265. The zero-order chi connectivity index (χ0) is 12.3. The van der Waals surface area contributed by atoms with Gasteiger partial charge in [-0.2, -0.15) is 4.98 Å². The van der Waals surface area contributed by atoms with E-state index in [0.29, 0.717) is 5.69 Å². The van der Waals surface area contributed by atoms with Crippen molar-refractivity contribution in [2.75, 3.05) is 16.8 Å². The van der Waals surface area contributed by atoms with E-state index < -0.39 is 0 Å². The Morgan fingerprint density at radius 3 is 2.53 bits per heavy atom. The summed E-state index contributed by atoms with van der Waals surface area (Å²) in [4.78, 5) is 19.3. The number of nitrogens with zero attached hydrogens (tertiary/aromatic N) is 2. The number of para-hydroxylation sites is 1. The monoisotopic (exact) mass is 229 g/mol. The third kappa shape index (κ3) is 2.49. The fraction of sp³-hybridized carbons (Fsp3) is 0. The number of carbonyl (C=O) groups excluding carboxylic acids is 1. The molecule has 0 spiro atoms. The summed E-state index contributed by atoms with van der Waals surface area (Å²) in [5, 5.41) is 2.68. The van der Waals surface area contributed by atoms with Crippen molar-refractivity contribution in [1.82, 2.24) is 9.97 Å². The van der Waals surface area contributed by atoms with Crippen molar-refractivity contribution >= 4 is 23.4 Å². The summed E-state index contributed by atoms with van der Waals surface area (Å²) < 4.78 is 0. The Morgan fingerprint density at radius 2 is 1.88 bits per heavy atom. The number of hydrogen-bond acceptors (Lipinski definition) is 5. The van der Waals surface area contributed by atoms with Crippen molar-refractivity contribution in [2.45, 2.75) is 0 Å². The first kappa shape index (κ1) is 10.9. The summed E-state index contributed by atoms with van der Waals surface area (Å²) in [7, 11) is 0. The van der Waals surface area contributed by atoms with Crippen LogP contribution in [0.3, 0.4) is 0 Å². The fourth-order valence-corrected chi connectivity index (χ4v) is 1.30. The highest BCUT2D eigenvalue weighted by Gasteiger charge is 2.11. The van der Waals surface area contributed by atoms with E-state index in [2.05, 4.69) is 15.3 Å².